The summed E-state index contributed by atoms with van der Waals surface area (Å²) in [5.74, 6) is -0.409. The number of hydrogen-bond acceptors (Lipinski definition) is 2. The standard InChI is InChI=1S/C16H20FNO/c17-14-4-3-5-15(13(14)12-19)18-10-8-16(9-11-18)6-1-2-7-16/h3-5,12H,1-2,6-11H2. The van der Waals surface area contributed by atoms with Crippen LogP contribution in [0.1, 0.15) is 48.9 Å². The van der Waals surface area contributed by atoms with Gasteiger partial charge in [-0.25, -0.2) is 4.39 Å². The van der Waals surface area contributed by atoms with E-state index in [1.54, 1.807) is 6.07 Å². The van der Waals surface area contributed by atoms with Gasteiger partial charge in [-0.3, -0.25) is 4.79 Å². The maximum absolute atomic E-state index is 13.6. The average molecular weight is 261 g/mol. The smallest absolute Gasteiger partial charge is 0.155 e. The molecule has 3 rings (SSSR count). The SMILES string of the molecule is O=Cc1c(F)cccc1N1CCC2(CCCC2)CC1. The first kappa shape index (κ1) is 12.6. The lowest BCUT2D eigenvalue weighted by molar-refractivity contribution is 0.112. The van der Waals surface area contributed by atoms with Gasteiger partial charge in [-0.05, 0) is 43.2 Å². The number of hydrogen-bond donors (Lipinski definition) is 0. The van der Waals surface area contributed by atoms with Crippen LogP contribution in [0.4, 0.5) is 10.1 Å². The summed E-state index contributed by atoms with van der Waals surface area (Å²) < 4.78 is 13.6. The predicted octanol–water partition coefficient (Wildman–Crippen LogP) is 3.80. The third kappa shape index (κ3) is 2.26. The first-order chi connectivity index (χ1) is 9.24. The minimum atomic E-state index is -0.409. The van der Waals surface area contributed by atoms with Crippen LogP contribution in [0.2, 0.25) is 0 Å². The number of carbonyl (C=O) groups excluding carboxylic acids is 1. The van der Waals surface area contributed by atoms with E-state index in [-0.39, 0.29) is 5.56 Å². The van der Waals surface area contributed by atoms with E-state index >= 15 is 0 Å². The summed E-state index contributed by atoms with van der Waals surface area (Å²) in [4.78, 5) is 13.3. The molecule has 0 unspecified atom stereocenters. The second-order valence-electron chi connectivity index (χ2n) is 5.98. The zero-order valence-electron chi connectivity index (χ0n) is 11.2. The number of aldehydes is 1. The first-order valence-electron chi connectivity index (χ1n) is 7.23. The number of benzene rings is 1. The van der Waals surface area contributed by atoms with E-state index in [1.165, 1.54) is 44.6 Å². The van der Waals surface area contributed by atoms with Crippen molar-refractivity contribution in [1.82, 2.24) is 0 Å². The Labute approximate surface area is 113 Å². The molecule has 0 N–H and O–H groups in total. The fourth-order valence-electron chi connectivity index (χ4n) is 3.77. The van der Waals surface area contributed by atoms with Crippen LogP contribution in [-0.2, 0) is 0 Å². The number of carbonyl (C=O) groups is 1. The molecule has 1 aromatic rings. The Morgan fingerprint density at radius 1 is 1.11 bits per heavy atom. The Hall–Kier alpha value is -1.38. The topological polar surface area (TPSA) is 20.3 Å². The van der Waals surface area contributed by atoms with Crippen molar-refractivity contribution in [1.29, 1.82) is 0 Å². The molecule has 3 heteroatoms. The number of nitrogens with zero attached hydrogens (tertiary/aromatic N) is 1. The zero-order valence-corrected chi connectivity index (χ0v) is 11.2. The highest BCUT2D eigenvalue weighted by Gasteiger charge is 2.37. The molecule has 1 saturated carbocycles. The molecular weight excluding hydrogens is 241 g/mol. The summed E-state index contributed by atoms with van der Waals surface area (Å²) in [6.07, 6.45) is 8.43. The molecule has 102 valence electrons. The van der Waals surface area contributed by atoms with Crippen molar-refractivity contribution in [2.45, 2.75) is 38.5 Å². The molecule has 2 nitrogen and oxygen atoms in total. The van der Waals surface area contributed by atoms with Crippen LogP contribution in [0.5, 0.6) is 0 Å². The highest BCUT2D eigenvalue weighted by atomic mass is 19.1. The molecular formula is C16H20FNO. The Morgan fingerprint density at radius 2 is 1.79 bits per heavy atom. The number of piperidine rings is 1. The van der Waals surface area contributed by atoms with Crippen molar-refractivity contribution in [3.63, 3.8) is 0 Å². The van der Waals surface area contributed by atoms with E-state index in [0.717, 1.165) is 18.8 Å². The van der Waals surface area contributed by atoms with E-state index < -0.39 is 5.82 Å². The summed E-state index contributed by atoms with van der Waals surface area (Å²) in [6.45, 7) is 1.90. The van der Waals surface area contributed by atoms with Gasteiger partial charge in [-0.1, -0.05) is 18.9 Å². The quantitative estimate of drug-likeness (QED) is 0.755. The number of halogens is 1. The van der Waals surface area contributed by atoms with Crippen LogP contribution in [-0.4, -0.2) is 19.4 Å². The van der Waals surface area contributed by atoms with E-state index in [2.05, 4.69) is 4.90 Å². The molecule has 1 aromatic carbocycles. The molecule has 19 heavy (non-hydrogen) atoms. The molecule has 1 saturated heterocycles. The van der Waals surface area contributed by atoms with Gasteiger partial charge in [-0.15, -0.1) is 0 Å². The molecule has 1 spiro atoms. The average Bonchev–Trinajstić information content (AvgIpc) is 2.88. The molecule has 1 aliphatic carbocycles. The van der Waals surface area contributed by atoms with Gasteiger partial charge in [0.15, 0.2) is 6.29 Å². The van der Waals surface area contributed by atoms with Crippen LogP contribution in [0.3, 0.4) is 0 Å². The normalized spacial score (nSPS) is 21.8. The molecule has 2 aliphatic rings. The summed E-state index contributed by atoms with van der Waals surface area (Å²) in [5, 5.41) is 0. The van der Waals surface area contributed by atoms with Crippen molar-refractivity contribution in [2.24, 2.45) is 5.41 Å². The first-order valence-corrected chi connectivity index (χ1v) is 7.23. The number of anilines is 1. The van der Waals surface area contributed by atoms with Crippen LogP contribution in [0.25, 0.3) is 0 Å². The number of rotatable bonds is 2. The summed E-state index contributed by atoms with van der Waals surface area (Å²) in [6, 6.07) is 4.91. The van der Waals surface area contributed by atoms with Crippen LogP contribution < -0.4 is 4.90 Å². The molecule has 1 heterocycles. The van der Waals surface area contributed by atoms with E-state index in [1.807, 2.05) is 6.07 Å². The second-order valence-corrected chi connectivity index (χ2v) is 5.98. The lowest BCUT2D eigenvalue weighted by atomic mass is 9.77. The Morgan fingerprint density at radius 3 is 2.42 bits per heavy atom. The van der Waals surface area contributed by atoms with Crippen molar-refractivity contribution >= 4 is 12.0 Å². The molecule has 0 radical (unpaired) electrons. The van der Waals surface area contributed by atoms with Crippen LogP contribution >= 0.6 is 0 Å². The summed E-state index contributed by atoms with van der Waals surface area (Å²) in [5.41, 5.74) is 1.53. The minimum absolute atomic E-state index is 0.213. The van der Waals surface area contributed by atoms with Crippen molar-refractivity contribution < 1.29 is 9.18 Å². The Kier molecular flexibility index (Phi) is 3.29. The minimum Gasteiger partial charge on any atom is -0.371 e. The summed E-state index contributed by atoms with van der Waals surface area (Å²) in [7, 11) is 0. The second kappa shape index (κ2) is 4.95. The van der Waals surface area contributed by atoms with E-state index in [0.29, 0.717) is 11.7 Å². The maximum Gasteiger partial charge on any atom is 0.155 e. The summed E-state index contributed by atoms with van der Waals surface area (Å²) >= 11 is 0. The van der Waals surface area contributed by atoms with E-state index in [4.69, 9.17) is 0 Å². The highest BCUT2D eigenvalue weighted by molar-refractivity contribution is 5.85. The van der Waals surface area contributed by atoms with Crippen LogP contribution in [0.15, 0.2) is 18.2 Å². The van der Waals surface area contributed by atoms with Gasteiger partial charge in [0.05, 0.1) is 11.3 Å². The third-order valence-corrected chi connectivity index (χ3v) is 4.98. The van der Waals surface area contributed by atoms with Crippen molar-refractivity contribution in [3.8, 4) is 0 Å². The van der Waals surface area contributed by atoms with Crippen molar-refractivity contribution in [3.05, 3.63) is 29.6 Å². The molecule has 0 amide bonds. The monoisotopic (exact) mass is 261 g/mol. The van der Waals surface area contributed by atoms with E-state index in [9.17, 15) is 9.18 Å². The van der Waals surface area contributed by atoms with Gasteiger partial charge in [0.1, 0.15) is 5.82 Å². The highest BCUT2D eigenvalue weighted by Crippen LogP contribution is 2.46. The van der Waals surface area contributed by atoms with Gasteiger partial charge in [0.25, 0.3) is 0 Å². The Balaban J connectivity index is 1.78. The van der Waals surface area contributed by atoms with Crippen molar-refractivity contribution in [2.75, 3.05) is 18.0 Å². The molecule has 0 bridgehead atoms. The Bertz CT molecular complexity index is 470. The molecule has 1 aliphatic heterocycles. The third-order valence-electron chi connectivity index (χ3n) is 4.98. The fourth-order valence-corrected chi connectivity index (χ4v) is 3.77. The van der Waals surface area contributed by atoms with Crippen LogP contribution in [0, 0.1) is 11.2 Å². The molecule has 0 atom stereocenters. The van der Waals surface area contributed by atoms with Gasteiger partial charge >= 0.3 is 0 Å². The molecule has 2 fully saturated rings. The largest absolute Gasteiger partial charge is 0.371 e. The lowest BCUT2D eigenvalue weighted by Gasteiger charge is -2.40. The van der Waals surface area contributed by atoms with Gasteiger partial charge in [0.2, 0.25) is 0 Å². The fraction of sp³-hybridized carbons (Fsp3) is 0.562. The molecule has 0 aromatic heterocycles. The predicted molar refractivity (Wildman–Crippen MR) is 74.1 cm³/mol. The van der Waals surface area contributed by atoms with Gasteiger partial charge < -0.3 is 4.90 Å². The lowest BCUT2D eigenvalue weighted by Crippen LogP contribution is -2.39. The van der Waals surface area contributed by atoms with Gasteiger partial charge in [-0.2, -0.15) is 0 Å². The van der Waals surface area contributed by atoms with Gasteiger partial charge in [0, 0.05) is 13.1 Å². The maximum atomic E-state index is 13.6. The zero-order chi connectivity index (χ0) is 13.3.